The van der Waals surface area contributed by atoms with E-state index in [-0.39, 0.29) is 11.3 Å². The van der Waals surface area contributed by atoms with E-state index in [0.29, 0.717) is 0 Å². The van der Waals surface area contributed by atoms with Gasteiger partial charge in [-0.05, 0) is 38.5 Å². The lowest BCUT2D eigenvalue weighted by Gasteiger charge is -2.17. The first-order valence-corrected chi connectivity index (χ1v) is 5.68. The van der Waals surface area contributed by atoms with Gasteiger partial charge in [0.05, 0.1) is 0 Å². The van der Waals surface area contributed by atoms with Gasteiger partial charge in [0.2, 0.25) is 0 Å². The van der Waals surface area contributed by atoms with E-state index in [1.807, 2.05) is 0 Å². The van der Waals surface area contributed by atoms with Gasteiger partial charge in [0.15, 0.2) is 0 Å². The van der Waals surface area contributed by atoms with Crippen molar-refractivity contribution < 1.29 is 27.4 Å². The first-order valence-electron chi connectivity index (χ1n) is 5.68. The first kappa shape index (κ1) is 16.0. The third kappa shape index (κ3) is 6.77. The highest BCUT2D eigenvalue weighted by Gasteiger charge is 2.31. The second kappa shape index (κ2) is 5.94. The van der Waals surface area contributed by atoms with Gasteiger partial charge in [-0.2, -0.15) is 4.99 Å². The van der Waals surface area contributed by atoms with E-state index >= 15 is 0 Å². The average molecular weight is 289 g/mol. The van der Waals surface area contributed by atoms with Crippen LogP contribution in [-0.4, -0.2) is 24.3 Å². The van der Waals surface area contributed by atoms with Crippen molar-refractivity contribution in [2.75, 3.05) is 0 Å². The Balaban J connectivity index is 2.73. The topological polar surface area (TPSA) is 47.9 Å². The predicted molar refractivity (Wildman–Crippen MR) is 67.0 cm³/mol. The minimum atomic E-state index is -4.76. The number of hydrogen-bond acceptors (Lipinski definition) is 3. The molecule has 0 unspecified atom stereocenters. The number of amides is 1. The Bertz CT molecular complexity index is 504. The van der Waals surface area contributed by atoms with Gasteiger partial charge in [0.25, 0.3) is 0 Å². The summed E-state index contributed by atoms with van der Waals surface area (Å²) in [6, 6.07) is 5.11. The Morgan fingerprint density at radius 1 is 1.25 bits per heavy atom. The van der Waals surface area contributed by atoms with E-state index in [0.717, 1.165) is 18.3 Å². The van der Waals surface area contributed by atoms with Crippen molar-refractivity contribution >= 4 is 12.3 Å². The number of carbonyl (C=O) groups is 1. The molecule has 0 spiro atoms. The van der Waals surface area contributed by atoms with E-state index < -0.39 is 18.1 Å². The Morgan fingerprint density at radius 3 is 2.45 bits per heavy atom. The largest absolute Gasteiger partial charge is 0.573 e. The maximum atomic E-state index is 12.0. The summed E-state index contributed by atoms with van der Waals surface area (Å²) < 4.78 is 44.8. The molecule has 7 heteroatoms. The number of carbonyl (C=O) groups excluding carboxylic acids is 1. The molecular formula is C13H14F3NO3. The molecule has 0 bridgehead atoms. The zero-order valence-corrected chi connectivity index (χ0v) is 11.2. The molecule has 1 aromatic rings. The summed E-state index contributed by atoms with van der Waals surface area (Å²) in [7, 11) is 0. The molecule has 0 heterocycles. The van der Waals surface area contributed by atoms with Crippen molar-refractivity contribution in [2.24, 2.45) is 4.99 Å². The van der Waals surface area contributed by atoms with Gasteiger partial charge in [0.1, 0.15) is 11.4 Å². The number of halogens is 3. The molecular weight excluding hydrogens is 275 g/mol. The lowest BCUT2D eigenvalue weighted by molar-refractivity contribution is -0.274. The molecule has 0 aliphatic carbocycles. The summed E-state index contributed by atoms with van der Waals surface area (Å²) in [5, 5.41) is 0. The lowest BCUT2D eigenvalue weighted by Crippen LogP contribution is -2.21. The Kier molecular flexibility index (Phi) is 4.75. The van der Waals surface area contributed by atoms with Gasteiger partial charge in [0, 0.05) is 6.21 Å². The van der Waals surface area contributed by atoms with Gasteiger partial charge in [-0.3, -0.25) is 0 Å². The van der Waals surface area contributed by atoms with Crippen LogP contribution in [0, 0.1) is 0 Å². The van der Waals surface area contributed by atoms with Gasteiger partial charge in [-0.25, -0.2) is 4.79 Å². The van der Waals surface area contributed by atoms with E-state index in [4.69, 9.17) is 4.74 Å². The third-order valence-corrected chi connectivity index (χ3v) is 1.80. The van der Waals surface area contributed by atoms with Crippen LogP contribution in [0.5, 0.6) is 5.75 Å². The average Bonchev–Trinajstić information content (AvgIpc) is 2.22. The van der Waals surface area contributed by atoms with Crippen molar-refractivity contribution in [3.8, 4) is 5.75 Å². The third-order valence-electron chi connectivity index (χ3n) is 1.80. The van der Waals surface area contributed by atoms with Crippen LogP contribution < -0.4 is 4.74 Å². The van der Waals surface area contributed by atoms with E-state index in [1.165, 1.54) is 12.1 Å². The van der Waals surface area contributed by atoms with Gasteiger partial charge in [-0.1, -0.05) is 12.1 Å². The fraction of sp³-hybridized carbons (Fsp3) is 0.385. The maximum absolute atomic E-state index is 12.0. The van der Waals surface area contributed by atoms with Crippen LogP contribution in [-0.2, 0) is 4.74 Å². The zero-order valence-electron chi connectivity index (χ0n) is 11.2. The molecule has 110 valence electrons. The van der Waals surface area contributed by atoms with Crippen molar-refractivity contribution in [3.63, 3.8) is 0 Å². The highest BCUT2D eigenvalue weighted by atomic mass is 19.4. The number of nitrogens with zero attached hydrogens (tertiary/aromatic N) is 1. The number of benzene rings is 1. The number of ether oxygens (including phenoxy) is 2. The molecule has 0 radical (unpaired) electrons. The predicted octanol–water partition coefficient (Wildman–Crippen LogP) is 3.94. The molecule has 0 aliphatic rings. The molecule has 4 nitrogen and oxygen atoms in total. The molecule has 0 saturated heterocycles. The second-order valence-electron chi connectivity index (χ2n) is 4.86. The first-order chi connectivity index (χ1) is 9.05. The fourth-order valence-electron chi connectivity index (χ4n) is 1.21. The standard InChI is InChI=1S/C13H14F3NO3/c1-12(2,3)20-11(18)17-8-9-5-4-6-10(7-9)19-13(14,15)16/h4-8H,1-3H3. The van der Waals surface area contributed by atoms with E-state index in [2.05, 4.69) is 9.73 Å². The summed E-state index contributed by atoms with van der Waals surface area (Å²) in [4.78, 5) is 14.8. The Morgan fingerprint density at radius 2 is 1.90 bits per heavy atom. The maximum Gasteiger partial charge on any atom is 0.573 e. The molecule has 1 amide bonds. The monoisotopic (exact) mass is 289 g/mol. The van der Waals surface area contributed by atoms with Crippen molar-refractivity contribution in [1.29, 1.82) is 0 Å². The normalized spacial score (nSPS) is 12.5. The molecule has 0 N–H and O–H groups in total. The molecule has 0 saturated carbocycles. The number of rotatable bonds is 2. The molecule has 0 aliphatic heterocycles. The van der Waals surface area contributed by atoms with Crippen LogP contribution in [0.3, 0.4) is 0 Å². The van der Waals surface area contributed by atoms with Crippen molar-refractivity contribution in [1.82, 2.24) is 0 Å². The smallest absolute Gasteiger partial charge is 0.442 e. The van der Waals surface area contributed by atoms with Crippen LogP contribution in [0.2, 0.25) is 0 Å². The number of aliphatic imine (C=N–C) groups is 1. The van der Waals surface area contributed by atoms with Crippen LogP contribution in [0.15, 0.2) is 29.3 Å². The lowest BCUT2D eigenvalue weighted by atomic mass is 10.2. The summed E-state index contributed by atoms with van der Waals surface area (Å²) in [5.41, 5.74) is -0.395. The van der Waals surface area contributed by atoms with Gasteiger partial charge < -0.3 is 9.47 Å². The second-order valence-corrected chi connectivity index (χ2v) is 4.86. The molecule has 0 aromatic heterocycles. The van der Waals surface area contributed by atoms with Crippen LogP contribution in [0.25, 0.3) is 0 Å². The minimum absolute atomic E-state index is 0.289. The SMILES string of the molecule is CC(C)(C)OC(=O)N=Cc1cccc(OC(F)(F)F)c1. The minimum Gasteiger partial charge on any atom is -0.442 e. The summed E-state index contributed by atoms with van der Waals surface area (Å²) >= 11 is 0. The summed E-state index contributed by atoms with van der Waals surface area (Å²) in [5.74, 6) is -0.384. The molecule has 0 fully saturated rings. The van der Waals surface area contributed by atoms with Gasteiger partial charge in [-0.15, -0.1) is 13.2 Å². The van der Waals surface area contributed by atoms with Gasteiger partial charge >= 0.3 is 12.5 Å². The van der Waals surface area contributed by atoms with E-state index in [1.54, 1.807) is 20.8 Å². The highest BCUT2D eigenvalue weighted by molar-refractivity contribution is 5.89. The van der Waals surface area contributed by atoms with Crippen molar-refractivity contribution in [2.45, 2.75) is 32.7 Å². The number of alkyl halides is 3. The summed E-state index contributed by atoms with van der Waals surface area (Å²) in [6.07, 6.45) is -4.47. The molecule has 20 heavy (non-hydrogen) atoms. The number of hydrogen-bond donors (Lipinski definition) is 0. The van der Waals surface area contributed by atoms with E-state index in [9.17, 15) is 18.0 Å². The fourth-order valence-corrected chi connectivity index (χ4v) is 1.21. The van der Waals surface area contributed by atoms with Crippen LogP contribution in [0.4, 0.5) is 18.0 Å². The van der Waals surface area contributed by atoms with Crippen LogP contribution in [0.1, 0.15) is 26.3 Å². The zero-order chi connectivity index (χ0) is 15.4. The highest BCUT2D eigenvalue weighted by Crippen LogP contribution is 2.22. The molecule has 1 rings (SSSR count). The van der Waals surface area contributed by atoms with Crippen LogP contribution >= 0.6 is 0 Å². The van der Waals surface area contributed by atoms with Crippen molar-refractivity contribution in [3.05, 3.63) is 29.8 Å². The Hall–Kier alpha value is -2.05. The molecule has 0 atom stereocenters. The molecule has 1 aromatic carbocycles. The quantitative estimate of drug-likeness (QED) is 0.775. The Labute approximate surface area is 114 Å². The summed E-state index contributed by atoms with van der Waals surface area (Å²) in [6.45, 7) is 5.04.